The van der Waals surface area contributed by atoms with E-state index in [2.05, 4.69) is 113 Å². The molecule has 154 valence electrons. The predicted molar refractivity (Wildman–Crippen MR) is 134 cm³/mol. The Kier molecular flexibility index (Phi) is 4.49. The molecular formula is C30H19N3. The highest BCUT2D eigenvalue weighted by Crippen LogP contribution is 2.36. The molecular weight excluding hydrogens is 402 g/mol. The predicted octanol–water partition coefficient (Wildman–Crippen LogP) is 7.38. The van der Waals surface area contributed by atoms with Crippen molar-refractivity contribution in [2.24, 2.45) is 0 Å². The number of pyridine rings is 1. The number of nitrogens with zero attached hydrogens (tertiary/aromatic N) is 3. The molecule has 6 aromatic rings. The second-order valence-corrected chi connectivity index (χ2v) is 8.00. The Labute approximate surface area is 191 Å². The summed E-state index contributed by atoms with van der Waals surface area (Å²) < 4.78 is 2.35. The first-order valence-corrected chi connectivity index (χ1v) is 10.9. The normalized spacial score (nSPS) is 11.0. The first-order valence-electron chi connectivity index (χ1n) is 10.9. The summed E-state index contributed by atoms with van der Waals surface area (Å²) in [6.45, 7) is 0. The lowest BCUT2D eigenvalue weighted by molar-refractivity contribution is 1.18. The molecule has 0 aliphatic carbocycles. The van der Waals surface area contributed by atoms with Gasteiger partial charge in [0, 0.05) is 34.3 Å². The molecule has 0 spiro atoms. The van der Waals surface area contributed by atoms with Crippen LogP contribution in [0.3, 0.4) is 0 Å². The molecule has 2 heterocycles. The quantitative estimate of drug-likeness (QED) is 0.299. The topological polar surface area (TPSA) is 41.6 Å². The number of fused-ring (bicyclic) bond motifs is 3. The molecule has 0 saturated heterocycles. The van der Waals surface area contributed by atoms with Crippen LogP contribution in [0.15, 0.2) is 116 Å². The zero-order valence-electron chi connectivity index (χ0n) is 17.8. The number of benzene rings is 4. The van der Waals surface area contributed by atoms with Crippen molar-refractivity contribution >= 4 is 21.8 Å². The van der Waals surface area contributed by atoms with E-state index in [1.807, 2.05) is 6.07 Å². The van der Waals surface area contributed by atoms with Crippen molar-refractivity contribution in [3.8, 4) is 34.0 Å². The van der Waals surface area contributed by atoms with Crippen LogP contribution in [0.2, 0.25) is 0 Å². The monoisotopic (exact) mass is 421 g/mol. The summed E-state index contributed by atoms with van der Waals surface area (Å²) in [4.78, 5) is 4.07. The van der Waals surface area contributed by atoms with Crippen LogP contribution in [0.4, 0.5) is 0 Å². The Morgan fingerprint density at radius 3 is 1.85 bits per heavy atom. The molecule has 2 aromatic heterocycles. The average Bonchev–Trinajstić information content (AvgIpc) is 3.23. The van der Waals surface area contributed by atoms with Gasteiger partial charge >= 0.3 is 0 Å². The van der Waals surface area contributed by atoms with Gasteiger partial charge in [0.1, 0.15) is 6.07 Å². The number of para-hydroxylation sites is 3. The molecule has 0 aliphatic heterocycles. The fourth-order valence-electron chi connectivity index (χ4n) is 4.66. The summed E-state index contributed by atoms with van der Waals surface area (Å²) in [7, 11) is 0. The second kappa shape index (κ2) is 7.78. The van der Waals surface area contributed by atoms with E-state index in [0.717, 1.165) is 27.9 Å². The van der Waals surface area contributed by atoms with Gasteiger partial charge in [-0.05, 0) is 35.4 Å². The molecule has 0 aliphatic rings. The summed E-state index contributed by atoms with van der Waals surface area (Å²) in [5.41, 5.74) is 8.30. The Balaban J connectivity index is 1.54. The van der Waals surface area contributed by atoms with Gasteiger partial charge in [-0.15, -0.1) is 0 Å². The molecule has 0 atom stereocenters. The van der Waals surface area contributed by atoms with E-state index in [1.54, 1.807) is 12.4 Å². The molecule has 0 radical (unpaired) electrons. The molecule has 0 N–H and O–H groups in total. The van der Waals surface area contributed by atoms with Gasteiger partial charge in [-0.2, -0.15) is 5.26 Å². The highest BCUT2D eigenvalue weighted by Gasteiger charge is 2.15. The highest BCUT2D eigenvalue weighted by molar-refractivity contribution is 6.09. The molecule has 0 saturated carbocycles. The first-order chi connectivity index (χ1) is 16.3. The molecule has 0 bridgehead atoms. The van der Waals surface area contributed by atoms with Gasteiger partial charge in [0.2, 0.25) is 0 Å². The van der Waals surface area contributed by atoms with Crippen molar-refractivity contribution in [3.05, 3.63) is 121 Å². The average molecular weight is 422 g/mol. The van der Waals surface area contributed by atoms with Crippen LogP contribution in [-0.2, 0) is 0 Å². The third-order valence-electron chi connectivity index (χ3n) is 6.17. The van der Waals surface area contributed by atoms with Gasteiger partial charge in [0.15, 0.2) is 0 Å². The number of nitriles is 1. The number of rotatable bonds is 3. The molecule has 0 fully saturated rings. The molecule has 4 aromatic carbocycles. The maximum Gasteiger partial charge on any atom is 0.101 e. The summed E-state index contributed by atoms with van der Waals surface area (Å²) >= 11 is 0. The minimum absolute atomic E-state index is 0.580. The van der Waals surface area contributed by atoms with Gasteiger partial charge in [-0.1, -0.05) is 78.9 Å². The Hall–Kier alpha value is -4.68. The molecule has 0 amide bonds. The molecule has 0 unspecified atom stereocenters. The molecule has 6 rings (SSSR count). The van der Waals surface area contributed by atoms with E-state index in [0.29, 0.717) is 5.56 Å². The van der Waals surface area contributed by atoms with Crippen LogP contribution in [-0.4, -0.2) is 9.55 Å². The summed E-state index contributed by atoms with van der Waals surface area (Å²) in [5, 5.41) is 11.9. The maximum atomic E-state index is 9.43. The summed E-state index contributed by atoms with van der Waals surface area (Å²) in [5.74, 6) is 0. The number of hydrogen-bond donors (Lipinski definition) is 0. The van der Waals surface area contributed by atoms with Crippen molar-refractivity contribution in [1.29, 1.82) is 5.26 Å². The third-order valence-corrected chi connectivity index (χ3v) is 6.17. The van der Waals surface area contributed by atoms with Crippen LogP contribution in [0, 0.1) is 11.3 Å². The molecule has 3 nitrogen and oxygen atoms in total. The lowest BCUT2D eigenvalue weighted by Crippen LogP contribution is -1.97. The van der Waals surface area contributed by atoms with E-state index < -0.39 is 0 Å². The van der Waals surface area contributed by atoms with Crippen molar-refractivity contribution in [3.63, 3.8) is 0 Å². The van der Waals surface area contributed by atoms with E-state index in [9.17, 15) is 5.26 Å². The Bertz CT molecular complexity index is 1610. The Morgan fingerprint density at radius 1 is 0.606 bits per heavy atom. The number of hydrogen-bond acceptors (Lipinski definition) is 2. The summed E-state index contributed by atoms with van der Waals surface area (Å²) in [6.07, 6.45) is 3.34. The molecule has 33 heavy (non-hydrogen) atoms. The summed E-state index contributed by atoms with van der Waals surface area (Å²) in [6, 6.07) is 38.2. The smallest absolute Gasteiger partial charge is 0.101 e. The minimum Gasteiger partial charge on any atom is -0.309 e. The van der Waals surface area contributed by atoms with Crippen molar-refractivity contribution in [2.75, 3.05) is 0 Å². The van der Waals surface area contributed by atoms with Crippen molar-refractivity contribution < 1.29 is 0 Å². The lowest BCUT2D eigenvalue weighted by atomic mass is 9.97. The zero-order chi connectivity index (χ0) is 22.2. The van der Waals surface area contributed by atoms with Gasteiger partial charge in [0.05, 0.1) is 22.3 Å². The van der Waals surface area contributed by atoms with Crippen LogP contribution < -0.4 is 0 Å². The third kappa shape index (κ3) is 3.09. The SMILES string of the molecule is N#Cc1cnccc1-c1ccc(-c2ccccc2-n2c3ccccc3c3ccccc32)cc1. The zero-order valence-corrected chi connectivity index (χ0v) is 17.8. The van der Waals surface area contributed by atoms with Crippen LogP contribution in [0.25, 0.3) is 49.7 Å². The molecule has 3 heteroatoms. The van der Waals surface area contributed by atoms with Gasteiger partial charge in [-0.25, -0.2) is 0 Å². The van der Waals surface area contributed by atoms with Crippen LogP contribution in [0.5, 0.6) is 0 Å². The van der Waals surface area contributed by atoms with E-state index in [4.69, 9.17) is 0 Å². The van der Waals surface area contributed by atoms with E-state index in [-0.39, 0.29) is 0 Å². The highest BCUT2D eigenvalue weighted by atomic mass is 15.0. The fourth-order valence-corrected chi connectivity index (χ4v) is 4.66. The van der Waals surface area contributed by atoms with Crippen LogP contribution >= 0.6 is 0 Å². The van der Waals surface area contributed by atoms with Crippen molar-refractivity contribution in [1.82, 2.24) is 9.55 Å². The fraction of sp³-hybridized carbons (Fsp3) is 0. The van der Waals surface area contributed by atoms with Crippen LogP contribution in [0.1, 0.15) is 5.56 Å². The van der Waals surface area contributed by atoms with E-state index >= 15 is 0 Å². The van der Waals surface area contributed by atoms with Gasteiger partial charge in [-0.3, -0.25) is 4.98 Å². The van der Waals surface area contributed by atoms with Gasteiger partial charge < -0.3 is 4.57 Å². The first kappa shape index (κ1) is 19.0. The van der Waals surface area contributed by atoms with Crippen molar-refractivity contribution in [2.45, 2.75) is 0 Å². The standard InChI is InChI=1S/C30H19N3/c31-19-23-20-32-18-17-24(23)21-13-15-22(16-14-21)25-7-1-4-10-28(25)33-29-11-5-2-8-26(29)27-9-3-6-12-30(27)33/h1-18,20H. The minimum atomic E-state index is 0.580. The van der Waals surface area contributed by atoms with Gasteiger partial charge in [0.25, 0.3) is 0 Å². The number of aromatic nitrogens is 2. The Morgan fingerprint density at radius 2 is 1.18 bits per heavy atom. The largest absolute Gasteiger partial charge is 0.309 e. The van der Waals surface area contributed by atoms with E-state index in [1.165, 1.54) is 21.8 Å². The lowest BCUT2D eigenvalue weighted by Gasteiger charge is -2.14. The second-order valence-electron chi connectivity index (χ2n) is 8.00. The maximum absolute atomic E-state index is 9.43.